The zero-order valence-corrected chi connectivity index (χ0v) is 12.0. The van der Waals surface area contributed by atoms with Crippen molar-refractivity contribution in [1.82, 2.24) is 4.98 Å². The Morgan fingerprint density at radius 2 is 2.12 bits per heavy atom. The molecule has 0 amide bonds. The molecular formula is C12H11Br2NO. The third-order valence-corrected chi connectivity index (χ3v) is 2.66. The number of ketones is 1. The van der Waals surface area contributed by atoms with Gasteiger partial charge in [-0.15, -0.1) is 17.0 Å². The van der Waals surface area contributed by atoms with Crippen LogP contribution in [0.15, 0.2) is 36.5 Å². The molecule has 0 N–H and O–H groups in total. The van der Waals surface area contributed by atoms with E-state index in [4.69, 9.17) is 0 Å². The number of carbonyl (C=O) groups excluding carboxylic acids is 1. The van der Waals surface area contributed by atoms with E-state index in [0.717, 1.165) is 16.5 Å². The number of rotatable bonds is 2. The highest BCUT2D eigenvalue weighted by Crippen LogP contribution is 2.16. The Morgan fingerprint density at radius 3 is 2.81 bits per heavy atom. The minimum absolute atomic E-state index is 0. The molecule has 0 aliphatic carbocycles. The smallest absolute Gasteiger partial charge is 0.176 e. The fourth-order valence-electron chi connectivity index (χ4n) is 1.46. The molecule has 1 heterocycles. The molecule has 1 atom stereocenters. The van der Waals surface area contributed by atoms with E-state index in [-0.39, 0.29) is 27.6 Å². The van der Waals surface area contributed by atoms with Gasteiger partial charge in [-0.2, -0.15) is 0 Å². The zero-order chi connectivity index (χ0) is 10.8. The van der Waals surface area contributed by atoms with Crippen LogP contribution >= 0.6 is 32.9 Å². The lowest BCUT2D eigenvalue weighted by molar-refractivity contribution is 0.0996. The van der Waals surface area contributed by atoms with E-state index in [1.807, 2.05) is 37.3 Å². The van der Waals surface area contributed by atoms with Crippen LogP contribution in [0.2, 0.25) is 0 Å². The van der Waals surface area contributed by atoms with E-state index < -0.39 is 0 Å². The molecule has 0 fully saturated rings. The number of hydrogen-bond donors (Lipinski definition) is 0. The van der Waals surface area contributed by atoms with Crippen LogP contribution in [0.25, 0.3) is 10.9 Å². The van der Waals surface area contributed by atoms with Crippen molar-refractivity contribution in [3.63, 3.8) is 0 Å². The van der Waals surface area contributed by atoms with Crippen LogP contribution in [0.1, 0.15) is 17.3 Å². The first-order valence-electron chi connectivity index (χ1n) is 4.71. The summed E-state index contributed by atoms with van der Waals surface area (Å²) in [4.78, 5) is 15.8. The van der Waals surface area contributed by atoms with Gasteiger partial charge >= 0.3 is 0 Å². The van der Waals surface area contributed by atoms with Crippen molar-refractivity contribution in [2.24, 2.45) is 0 Å². The van der Waals surface area contributed by atoms with Gasteiger partial charge in [-0.1, -0.05) is 22.0 Å². The molecule has 0 radical (unpaired) electrons. The first-order chi connectivity index (χ1) is 7.18. The van der Waals surface area contributed by atoms with Crippen molar-refractivity contribution in [3.8, 4) is 0 Å². The van der Waals surface area contributed by atoms with Crippen molar-refractivity contribution in [2.75, 3.05) is 0 Å². The van der Waals surface area contributed by atoms with Gasteiger partial charge in [0.25, 0.3) is 0 Å². The van der Waals surface area contributed by atoms with Crippen LogP contribution in [-0.2, 0) is 0 Å². The average molecular weight is 345 g/mol. The summed E-state index contributed by atoms with van der Waals surface area (Å²) >= 11 is 3.28. The quantitative estimate of drug-likeness (QED) is 0.613. The zero-order valence-electron chi connectivity index (χ0n) is 8.68. The van der Waals surface area contributed by atoms with Gasteiger partial charge in [0.2, 0.25) is 0 Å². The Balaban J connectivity index is 0.00000128. The normalized spacial score (nSPS) is 11.9. The Morgan fingerprint density at radius 1 is 1.38 bits per heavy atom. The van der Waals surface area contributed by atoms with Crippen molar-refractivity contribution < 1.29 is 4.79 Å². The fourth-order valence-corrected chi connectivity index (χ4v) is 1.72. The number of halogens is 2. The van der Waals surface area contributed by atoms with E-state index in [9.17, 15) is 4.79 Å². The maximum Gasteiger partial charge on any atom is 0.176 e. The third kappa shape index (κ3) is 2.68. The maximum atomic E-state index is 11.7. The molecule has 1 aromatic heterocycles. The molecular weight excluding hydrogens is 334 g/mol. The number of aromatic nitrogens is 1. The number of alkyl halides is 1. The van der Waals surface area contributed by atoms with Crippen molar-refractivity contribution in [2.45, 2.75) is 11.8 Å². The summed E-state index contributed by atoms with van der Waals surface area (Å²) in [5.41, 5.74) is 1.64. The highest BCUT2D eigenvalue weighted by molar-refractivity contribution is 9.10. The first-order valence-corrected chi connectivity index (χ1v) is 5.63. The Hall–Kier alpha value is -0.740. The monoisotopic (exact) mass is 343 g/mol. The molecule has 2 nitrogen and oxygen atoms in total. The van der Waals surface area contributed by atoms with Gasteiger partial charge in [0.05, 0.1) is 10.3 Å². The van der Waals surface area contributed by atoms with Crippen LogP contribution < -0.4 is 0 Å². The Kier molecular flexibility index (Phi) is 4.62. The van der Waals surface area contributed by atoms with Crippen LogP contribution in [0.3, 0.4) is 0 Å². The fraction of sp³-hybridized carbons (Fsp3) is 0.167. The second-order valence-corrected chi connectivity index (χ2v) is 4.76. The molecule has 16 heavy (non-hydrogen) atoms. The molecule has 0 saturated heterocycles. The third-order valence-electron chi connectivity index (χ3n) is 2.25. The molecule has 1 aromatic carbocycles. The summed E-state index contributed by atoms with van der Waals surface area (Å²) in [6.07, 6.45) is 1.75. The Labute approximate surface area is 113 Å². The highest BCUT2D eigenvalue weighted by atomic mass is 79.9. The number of carbonyl (C=O) groups is 1. The van der Waals surface area contributed by atoms with Crippen LogP contribution in [0, 0.1) is 0 Å². The summed E-state index contributed by atoms with van der Waals surface area (Å²) in [6.45, 7) is 1.83. The molecule has 0 saturated carbocycles. The van der Waals surface area contributed by atoms with Crippen molar-refractivity contribution in [1.29, 1.82) is 0 Å². The lowest BCUT2D eigenvalue weighted by Crippen LogP contribution is -2.09. The van der Waals surface area contributed by atoms with Gasteiger partial charge in [0.1, 0.15) is 0 Å². The molecule has 2 rings (SSSR count). The number of Topliss-reactive ketones (excluding diaryl/α,β-unsaturated/α-hetero) is 1. The maximum absolute atomic E-state index is 11.7. The van der Waals surface area contributed by atoms with Gasteiger partial charge in [-0.05, 0) is 31.2 Å². The number of pyridine rings is 1. The van der Waals surface area contributed by atoms with E-state index >= 15 is 0 Å². The van der Waals surface area contributed by atoms with E-state index in [1.165, 1.54) is 0 Å². The number of hydrogen-bond acceptors (Lipinski definition) is 2. The summed E-state index contributed by atoms with van der Waals surface area (Å²) in [7, 11) is 0. The van der Waals surface area contributed by atoms with Gasteiger partial charge in [-0.3, -0.25) is 9.78 Å². The van der Waals surface area contributed by atoms with Crippen molar-refractivity contribution >= 4 is 49.6 Å². The molecule has 0 bridgehead atoms. The molecule has 2 aromatic rings. The van der Waals surface area contributed by atoms with E-state index in [2.05, 4.69) is 20.9 Å². The minimum Gasteiger partial charge on any atom is -0.293 e. The lowest BCUT2D eigenvalue weighted by atomic mass is 10.1. The SMILES string of the molecule is Br.CC(Br)C(=O)c1ccc2ncccc2c1. The molecule has 4 heteroatoms. The largest absolute Gasteiger partial charge is 0.293 e. The second-order valence-electron chi connectivity index (χ2n) is 3.39. The Bertz CT molecular complexity index is 511. The molecule has 0 spiro atoms. The van der Waals surface area contributed by atoms with Crippen LogP contribution in [0.4, 0.5) is 0 Å². The highest BCUT2D eigenvalue weighted by Gasteiger charge is 2.11. The topological polar surface area (TPSA) is 30.0 Å². The number of fused-ring (bicyclic) bond motifs is 1. The second kappa shape index (κ2) is 5.55. The molecule has 0 aliphatic heterocycles. The van der Waals surface area contributed by atoms with Gasteiger partial charge in [-0.25, -0.2) is 0 Å². The van der Waals surface area contributed by atoms with E-state index in [0.29, 0.717) is 0 Å². The van der Waals surface area contributed by atoms with Gasteiger partial charge in [0.15, 0.2) is 5.78 Å². The molecule has 1 unspecified atom stereocenters. The standard InChI is InChI=1S/C12H10BrNO.BrH/c1-8(13)12(15)10-4-5-11-9(7-10)3-2-6-14-11;/h2-8H,1H3;1H. The summed E-state index contributed by atoms with van der Waals surface area (Å²) in [6, 6.07) is 9.39. The predicted octanol–water partition coefficient (Wildman–Crippen LogP) is 3.78. The molecule has 84 valence electrons. The first kappa shape index (κ1) is 13.3. The minimum atomic E-state index is -0.147. The van der Waals surface area contributed by atoms with Crippen LogP contribution in [0.5, 0.6) is 0 Å². The molecule has 0 aliphatic rings. The average Bonchev–Trinajstić information content (AvgIpc) is 2.27. The van der Waals surface area contributed by atoms with E-state index in [1.54, 1.807) is 6.20 Å². The van der Waals surface area contributed by atoms with Crippen molar-refractivity contribution in [3.05, 3.63) is 42.1 Å². The van der Waals surface area contributed by atoms with Crippen LogP contribution in [-0.4, -0.2) is 15.6 Å². The van der Waals surface area contributed by atoms with Gasteiger partial charge in [0, 0.05) is 17.1 Å². The predicted molar refractivity (Wildman–Crippen MR) is 74.8 cm³/mol. The number of nitrogens with zero attached hydrogens (tertiary/aromatic N) is 1. The summed E-state index contributed by atoms with van der Waals surface area (Å²) in [5, 5.41) is 0.997. The number of benzene rings is 1. The summed E-state index contributed by atoms with van der Waals surface area (Å²) < 4.78 is 0. The summed E-state index contributed by atoms with van der Waals surface area (Å²) in [5.74, 6) is 0.0979. The lowest BCUT2D eigenvalue weighted by Gasteiger charge is -2.03. The van der Waals surface area contributed by atoms with Gasteiger partial charge < -0.3 is 0 Å².